The largest absolute Gasteiger partial charge is 0.497 e. The summed E-state index contributed by atoms with van der Waals surface area (Å²) < 4.78 is 13.3. The topological polar surface area (TPSA) is 63.2 Å². The average Bonchev–Trinajstić information content (AvgIpc) is 3.34. The number of benzene rings is 2. The van der Waals surface area contributed by atoms with Gasteiger partial charge in [0.1, 0.15) is 5.75 Å². The number of methoxy groups -OCH3 is 1. The highest BCUT2D eigenvalue weighted by atomic mass is 32.1. The first-order valence-electron chi connectivity index (χ1n) is 10.9. The zero-order chi connectivity index (χ0) is 23.0. The van der Waals surface area contributed by atoms with Gasteiger partial charge in [-0.15, -0.1) is 0 Å². The van der Waals surface area contributed by atoms with Gasteiger partial charge >= 0.3 is 0 Å². The van der Waals surface area contributed by atoms with Gasteiger partial charge in [-0.3, -0.25) is 0 Å². The summed E-state index contributed by atoms with van der Waals surface area (Å²) in [5.41, 5.74) is 4.03. The molecule has 0 amide bonds. The van der Waals surface area contributed by atoms with Crippen LogP contribution in [0.3, 0.4) is 0 Å². The van der Waals surface area contributed by atoms with E-state index in [1.807, 2.05) is 60.9 Å². The molecule has 0 aliphatic heterocycles. The highest BCUT2D eigenvalue weighted by Gasteiger charge is 2.11. The van der Waals surface area contributed by atoms with E-state index in [1.54, 1.807) is 13.3 Å². The molecular weight excluding hydrogens is 432 g/mol. The van der Waals surface area contributed by atoms with Crippen LogP contribution in [0.1, 0.15) is 18.9 Å². The monoisotopic (exact) mass is 459 g/mol. The fourth-order valence-corrected chi connectivity index (χ4v) is 3.59. The minimum absolute atomic E-state index is 0.590. The van der Waals surface area contributed by atoms with Gasteiger partial charge in [0.15, 0.2) is 29.8 Å². The number of hydrogen-bond acceptors (Lipinski definition) is 4. The summed E-state index contributed by atoms with van der Waals surface area (Å²) in [6.45, 7) is 3.72. The van der Waals surface area contributed by atoms with Gasteiger partial charge in [0.25, 0.3) is 0 Å². The summed E-state index contributed by atoms with van der Waals surface area (Å²) >= 11 is 5.33. The van der Waals surface area contributed by atoms with Gasteiger partial charge < -0.3 is 19.8 Å². The molecule has 0 fully saturated rings. The highest BCUT2D eigenvalue weighted by Crippen LogP contribution is 2.27. The molecule has 0 atom stereocenters. The van der Waals surface area contributed by atoms with Crippen LogP contribution in [0.2, 0.25) is 0 Å². The van der Waals surface area contributed by atoms with Crippen LogP contribution in [0.25, 0.3) is 22.8 Å². The Morgan fingerprint density at radius 1 is 1.06 bits per heavy atom. The van der Waals surface area contributed by atoms with Crippen LogP contribution in [0.5, 0.6) is 5.75 Å². The maximum absolute atomic E-state index is 5.98. The summed E-state index contributed by atoms with van der Waals surface area (Å²) in [7, 11) is 1.65. The van der Waals surface area contributed by atoms with E-state index in [4.69, 9.17) is 21.4 Å². The Kier molecular flexibility index (Phi) is 7.32. The Morgan fingerprint density at radius 3 is 2.58 bits per heavy atom. The van der Waals surface area contributed by atoms with Crippen molar-refractivity contribution in [2.45, 2.75) is 19.9 Å². The second-order valence-corrected chi connectivity index (χ2v) is 8.01. The van der Waals surface area contributed by atoms with Crippen LogP contribution < -0.4 is 19.9 Å². The van der Waals surface area contributed by atoms with Gasteiger partial charge in [-0.1, -0.05) is 19.1 Å². The number of anilines is 1. The maximum Gasteiger partial charge on any atom is 0.227 e. The van der Waals surface area contributed by atoms with E-state index in [0.717, 1.165) is 47.8 Å². The third-order valence-corrected chi connectivity index (χ3v) is 5.35. The normalized spacial score (nSPS) is 10.6. The number of oxazole rings is 1. The number of nitrogens with zero attached hydrogens (tertiary/aromatic N) is 2. The van der Waals surface area contributed by atoms with Crippen molar-refractivity contribution in [2.24, 2.45) is 0 Å². The van der Waals surface area contributed by atoms with Crippen molar-refractivity contribution in [2.75, 3.05) is 19.0 Å². The molecule has 2 N–H and O–H groups in total. The molecule has 4 aromatic rings. The van der Waals surface area contributed by atoms with Gasteiger partial charge in [0.2, 0.25) is 5.89 Å². The van der Waals surface area contributed by atoms with E-state index in [0.29, 0.717) is 11.0 Å². The van der Waals surface area contributed by atoms with Crippen molar-refractivity contribution in [3.8, 4) is 28.5 Å². The smallest absolute Gasteiger partial charge is 0.227 e. The third-order valence-electron chi connectivity index (χ3n) is 5.10. The summed E-state index contributed by atoms with van der Waals surface area (Å²) in [6.07, 6.45) is 6.83. The predicted octanol–water partition coefficient (Wildman–Crippen LogP) is 5.05. The van der Waals surface area contributed by atoms with E-state index in [9.17, 15) is 0 Å². The Balaban J connectivity index is 1.41. The number of pyridine rings is 1. The molecule has 4 rings (SSSR count). The van der Waals surface area contributed by atoms with Crippen LogP contribution >= 0.6 is 12.2 Å². The molecule has 0 bridgehead atoms. The first-order chi connectivity index (χ1) is 16.1. The number of rotatable bonds is 8. The molecule has 168 valence electrons. The van der Waals surface area contributed by atoms with Crippen molar-refractivity contribution in [3.05, 3.63) is 84.8 Å². The lowest BCUT2D eigenvalue weighted by Gasteiger charge is -2.10. The molecule has 0 aliphatic carbocycles. The summed E-state index contributed by atoms with van der Waals surface area (Å²) in [4.78, 5) is 4.45. The first-order valence-corrected chi connectivity index (χ1v) is 11.3. The Bertz CT molecular complexity index is 1200. The lowest BCUT2D eigenvalue weighted by Crippen LogP contribution is -2.33. The lowest BCUT2D eigenvalue weighted by molar-refractivity contribution is -0.688. The van der Waals surface area contributed by atoms with Crippen LogP contribution in [0, 0.1) is 0 Å². The van der Waals surface area contributed by atoms with Crippen molar-refractivity contribution in [1.82, 2.24) is 10.3 Å². The highest BCUT2D eigenvalue weighted by molar-refractivity contribution is 7.80. The zero-order valence-corrected chi connectivity index (χ0v) is 19.6. The van der Waals surface area contributed by atoms with Crippen molar-refractivity contribution in [1.29, 1.82) is 0 Å². The van der Waals surface area contributed by atoms with Gasteiger partial charge in [0, 0.05) is 41.1 Å². The van der Waals surface area contributed by atoms with Gasteiger partial charge in [-0.25, -0.2) is 9.55 Å². The summed E-state index contributed by atoms with van der Waals surface area (Å²) in [5.74, 6) is 2.12. The quantitative estimate of drug-likeness (QED) is 0.284. The number of ether oxygens (including phenoxy) is 1. The van der Waals surface area contributed by atoms with Gasteiger partial charge in [-0.2, -0.15) is 0 Å². The van der Waals surface area contributed by atoms with E-state index >= 15 is 0 Å². The molecular formula is C26H27N4O2S+. The maximum atomic E-state index is 5.98. The van der Waals surface area contributed by atoms with E-state index < -0.39 is 0 Å². The molecule has 2 aromatic carbocycles. The van der Waals surface area contributed by atoms with E-state index in [-0.39, 0.29) is 0 Å². The molecule has 0 saturated carbocycles. The number of nitrogens with one attached hydrogen (secondary N) is 2. The second-order valence-electron chi connectivity index (χ2n) is 7.60. The molecule has 33 heavy (non-hydrogen) atoms. The number of aromatic nitrogens is 2. The summed E-state index contributed by atoms with van der Waals surface area (Å²) in [5, 5.41) is 7.07. The molecule has 2 aromatic heterocycles. The van der Waals surface area contributed by atoms with Gasteiger partial charge in [0.05, 0.1) is 13.3 Å². The van der Waals surface area contributed by atoms with Crippen LogP contribution in [-0.2, 0) is 6.54 Å². The standard InChI is InChI=1S/C26H26N4O2S/c1-3-13-27-26(33)29-22-6-4-5-19(16-22)18-30-14-11-21(12-15-30)25-28-17-24(32-25)20-7-9-23(31-2)10-8-20/h4-12,14-17H,3,13,18H2,1-2H3,(H-,27,29,33)/p+1. The molecule has 0 aliphatic rings. The van der Waals surface area contributed by atoms with Crippen molar-refractivity contribution < 1.29 is 13.7 Å². The van der Waals surface area contributed by atoms with Gasteiger partial charge in [-0.05, 0) is 55.0 Å². The predicted molar refractivity (Wildman–Crippen MR) is 134 cm³/mol. The van der Waals surface area contributed by atoms with E-state index in [1.165, 1.54) is 5.56 Å². The number of thiocarbonyl (C=S) groups is 1. The first kappa shape index (κ1) is 22.5. The Morgan fingerprint density at radius 2 is 1.85 bits per heavy atom. The fourth-order valence-electron chi connectivity index (χ4n) is 3.37. The van der Waals surface area contributed by atoms with E-state index in [2.05, 4.69) is 39.2 Å². The molecule has 0 unspecified atom stereocenters. The third kappa shape index (κ3) is 5.96. The zero-order valence-electron chi connectivity index (χ0n) is 18.7. The van der Waals surface area contributed by atoms with Crippen LogP contribution in [-0.4, -0.2) is 23.8 Å². The fraction of sp³-hybridized carbons (Fsp3) is 0.192. The average molecular weight is 460 g/mol. The van der Waals surface area contributed by atoms with Crippen molar-refractivity contribution >= 4 is 23.0 Å². The minimum atomic E-state index is 0.590. The second kappa shape index (κ2) is 10.7. The molecule has 0 spiro atoms. The van der Waals surface area contributed by atoms with Crippen molar-refractivity contribution in [3.63, 3.8) is 0 Å². The number of hydrogen-bond donors (Lipinski definition) is 2. The molecule has 2 heterocycles. The molecule has 6 nitrogen and oxygen atoms in total. The van der Waals surface area contributed by atoms with Crippen LogP contribution in [0.15, 0.2) is 83.7 Å². The Labute approximate surface area is 199 Å². The lowest BCUT2D eigenvalue weighted by atomic mass is 10.2. The molecule has 0 saturated heterocycles. The molecule has 0 radical (unpaired) electrons. The molecule has 7 heteroatoms. The SMILES string of the molecule is CCCNC(=S)Nc1cccc(C[n+]2ccc(-c3ncc(-c4ccc(OC)cc4)o3)cc2)c1. The minimum Gasteiger partial charge on any atom is -0.497 e. The summed E-state index contributed by atoms with van der Waals surface area (Å²) in [6, 6.07) is 20.0. The Hall–Kier alpha value is -3.71. The van der Waals surface area contributed by atoms with Crippen LogP contribution in [0.4, 0.5) is 5.69 Å².